The van der Waals surface area contributed by atoms with Crippen LogP contribution in [-0.2, 0) is 0 Å². The summed E-state index contributed by atoms with van der Waals surface area (Å²) in [6.07, 6.45) is 7.71. The van der Waals surface area contributed by atoms with E-state index in [4.69, 9.17) is 0 Å². The molecule has 0 N–H and O–H groups in total. The van der Waals surface area contributed by atoms with E-state index < -0.39 is 0 Å². The van der Waals surface area contributed by atoms with Crippen molar-refractivity contribution >= 4 is 88.0 Å². The molecular weight excluding hydrogens is 869 g/mol. The molecule has 342 valence electrons. The number of hydrogen-bond acceptors (Lipinski definition) is 2. The van der Waals surface area contributed by atoms with Crippen LogP contribution in [0.25, 0.3) is 76.1 Å². The largest absolute Gasteiger partial charge is 0.309 e. The molecule has 0 radical (unpaired) electrons. The van der Waals surface area contributed by atoms with E-state index in [1.165, 1.54) is 137 Å². The number of para-hydroxylation sites is 2. The predicted molar refractivity (Wildman–Crippen MR) is 304 cm³/mol. The number of hydrogen-bond donors (Lipinski definition) is 0. The van der Waals surface area contributed by atoms with E-state index in [-0.39, 0.29) is 0 Å². The highest BCUT2D eigenvalue weighted by Gasteiger charge is 2.40. The molecule has 4 atom stereocenters. The van der Waals surface area contributed by atoms with E-state index in [1.54, 1.807) is 22.3 Å². The van der Waals surface area contributed by atoms with Gasteiger partial charge in [0.2, 0.25) is 0 Å². The molecule has 4 aliphatic carbocycles. The normalized spacial score (nSPS) is 18.5. The molecule has 0 aromatic heterocycles. The minimum Gasteiger partial charge on any atom is -0.309 e. The van der Waals surface area contributed by atoms with E-state index in [1.807, 2.05) is 0 Å². The number of benzene rings is 12. The molecule has 0 heterocycles. The predicted octanol–water partition coefficient (Wildman–Crippen LogP) is 19.9. The highest BCUT2D eigenvalue weighted by atomic mass is 15.2. The number of fused-ring (bicyclic) bond motifs is 12. The van der Waals surface area contributed by atoms with Gasteiger partial charge in [0.15, 0.2) is 0 Å². The van der Waals surface area contributed by atoms with Crippen LogP contribution in [0.3, 0.4) is 0 Å². The molecule has 4 unspecified atom stereocenters. The minimum absolute atomic E-state index is 0.598. The molecule has 2 heteroatoms. The first-order valence-electron chi connectivity index (χ1n) is 26.4. The van der Waals surface area contributed by atoms with Gasteiger partial charge in [-0.3, -0.25) is 0 Å². The maximum absolute atomic E-state index is 2.58. The van der Waals surface area contributed by atoms with Crippen LogP contribution in [0.2, 0.25) is 0 Å². The fourth-order valence-electron chi connectivity index (χ4n) is 14.9. The molecule has 2 saturated carbocycles. The molecule has 2 nitrogen and oxygen atoms in total. The van der Waals surface area contributed by atoms with Crippen LogP contribution in [0.1, 0.15) is 84.5 Å². The average Bonchev–Trinajstić information content (AvgIpc) is 4.28. The molecule has 2 fully saturated rings. The second-order valence-corrected chi connectivity index (χ2v) is 21.3. The Labute approximate surface area is 420 Å². The summed E-state index contributed by atoms with van der Waals surface area (Å²) in [4.78, 5) is 5.14. The summed E-state index contributed by atoms with van der Waals surface area (Å²) in [5, 5.41) is 12.8. The molecule has 4 aliphatic rings. The summed E-state index contributed by atoms with van der Waals surface area (Å²) < 4.78 is 0. The molecule has 72 heavy (non-hydrogen) atoms. The highest BCUT2D eigenvalue weighted by molar-refractivity contribution is 6.33. The summed E-state index contributed by atoms with van der Waals surface area (Å²) in [6, 6.07) is 83.3. The van der Waals surface area contributed by atoms with E-state index in [2.05, 4.69) is 228 Å². The van der Waals surface area contributed by atoms with E-state index in [9.17, 15) is 0 Å². The lowest BCUT2D eigenvalue weighted by atomic mass is 9.80. The second kappa shape index (κ2) is 15.6. The van der Waals surface area contributed by atoms with Gasteiger partial charge in [-0.25, -0.2) is 0 Å². The fraction of sp³-hybridized carbons (Fsp3) is 0.143. The van der Waals surface area contributed by atoms with Crippen molar-refractivity contribution in [1.82, 2.24) is 0 Å². The third kappa shape index (κ3) is 5.84. The first-order chi connectivity index (χ1) is 35.7. The van der Waals surface area contributed by atoms with Gasteiger partial charge in [-0.05, 0) is 177 Å². The van der Waals surface area contributed by atoms with Gasteiger partial charge in [-0.1, -0.05) is 170 Å². The van der Waals surface area contributed by atoms with Crippen LogP contribution in [-0.4, -0.2) is 0 Å². The van der Waals surface area contributed by atoms with Crippen LogP contribution >= 0.6 is 0 Å². The Morgan fingerprint density at radius 1 is 0.278 bits per heavy atom. The van der Waals surface area contributed by atoms with Gasteiger partial charge in [0.25, 0.3) is 0 Å². The first kappa shape index (κ1) is 40.5. The van der Waals surface area contributed by atoms with E-state index in [0.717, 1.165) is 11.4 Å². The summed E-state index contributed by atoms with van der Waals surface area (Å²) in [5.41, 5.74) is 18.9. The van der Waals surface area contributed by atoms with Gasteiger partial charge in [0, 0.05) is 43.7 Å². The van der Waals surface area contributed by atoms with Crippen molar-refractivity contribution in [3.05, 3.63) is 241 Å². The molecule has 16 rings (SSSR count). The summed E-state index contributed by atoms with van der Waals surface area (Å²) >= 11 is 0. The molecule has 12 aromatic rings. The Hall–Kier alpha value is -8.20. The maximum Gasteiger partial charge on any atom is 0.0547 e. The van der Waals surface area contributed by atoms with Crippen LogP contribution in [0.4, 0.5) is 34.1 Å². The van der Waals surface area contributed by atoms with Crippen molar-refractivity contribution in [2.45, 2.75) is 62.2 Å². The third-order valence-electron chi connectivity index (χ3n) is 17.8. The quantitative estimate of drug-likeness (QED) is 0.140. The third-order valence-corrected chi connectivity index (χ3v) is 17.8. The summed E-state index contributed by atoms with van der Waals surface area (Å²) in [5.74, 6) is 2.51. The van der Waals surface area contributed by atoms with Gasteiger partial charge < -0.3 is 9.80 Å². The fourth-order valence-corrected chi connectivity index (χ4v) is 14.9. The number of rotatable bonds is 8. The lowest BCUT2D eigenvalue weighted by molar-refractivity contribution is 0.719. The number of nitrogens with zero attached hydrogens (tertiary/aromatic N) is 2. The molecular formula is C70H52N2. The van der Waals surface area contributed by atoms with Crippen molar-refractivity contribution in [2.24, 2.45) is 0 Å². The molecule has 0 aliphatic heterocycles. The molecule has 0 amide bonds. The van der Waals surface area contributed by atoms with Gasteiger partial charge >= 0.3 is 0 Å². The number of anilines is 6. The molecule has 12 aromatic carbocycles. The van der Waals surface area contributed by atoms with Crippen molar-refractivity contribution in [2.75, 3.05) is 9.80 Å². The zero-order chi connectivity index (χ0) is 47.0. The van der Waals surface area contributed by atoms with E-state index >= 15 is 0 Å². The smallest absolute Gasteiger partial charge is 0.0547 e. The second-order valence-electron chi connectivity index (χ2n) is 21.3. The Bertz CT molecular complexity index is 3870. The maximum atomic E-state index is 2.58. The molecule has 0 spiro atoms. The van der Waals surface area contributed by atoms with Crippen molar-refractivity contribution < 1.29 is 0 Å². The van der Waals surface area contributed by atoms with Crippen molar-refractivity contribution in [3.63, 3.8) is 0 Å². The van der Waals surface area contributed by atoms with Crippen molar-refractivity contribution in [1.29, 1.82) is 0 Å². The van der Waals surface area contributed by atoms with Gasteiger partial charge in [0.05, 0.1) is 22.7 Å². The summed E-state index contributed by atoms with van der Waals surface area (Å²) in [7, 11) is 0. The Morgan fingerprint density at radius 2 is 0.667 bits per heavy atom. The molecule has 4 bridgehead atoms. The van der Waals surface area contributed by atoms with Gasteiger partial charge in [-0.15, -0.1) is 0 Å². The zero-order valence-electron chi connectivity index (χ0n) is 40.2. The van der Waals surface area contributed by atoms with Crippen LogP contribution < -0.4 is 9.80 Å². The zero-order valence-corrected chi connectivity index (χ0v) is 40.2. The van der Waals surface area contributed by atoms with Gasteiger partial charge in [-0.2, -0.15) is 0 Å². The standard InChI is InChI=1S/C70H52N2/c1-3-19-49(20-4-1)71(63-29-11-17-43-15-7-9-23-51(43)63)65-41-61(55-27-13-25-53-45-31-33-47(39-45)67(53)55)57-36-38-60-66(72(50-21-5-2-6-22-50)64-30-12-18-44-16-8-10-24-52(44)64)42-62(58-35-37-59(65)69(57)70(58)60)56-28-14-26-54-46-32-34-48(40-46)68(54)56/h1-30,35-38,41-42,45-48H,31-34,39-40H2. The lowest BCUT2D eigenvalue weighted by Gasteiger charge is -2.32. The van der Waals surface area contributed by atoms with Crippen molar-refractivity contribution in [3.8, 4) is 22.3 Å². The topological polar surface area (TPSA) is 6.48 Å². The van der Waals surface area contributed by atoms with Gasteiger partial charge in [0.1, 0.15) is 0 Å². The summed E-state index contributed by atoms with van der Waals surface area (Å²) in [6.45, 7) is 0. The van der Waals surface area contributed by atoms with Crippen LogP contribution in [0, 0.1) is 0 Å². The highest BCUT2D eigenvalue weighted by Crippen LogP contribution is 2.60. The Kier molecular flexibility index (Phi) is 8.81. The average molecular weight is 921 g/mol. The Balaban J connectivity index is 1.09. The van der Waals surface area contributed by atoms with E-state index in [0.29, 0.717) is 23.7 Å². The van der Waals surface area contributed by atoms with Crippen LogP contribution in [0.5, 0.6) is 0 Å². The molecule has 0 saturated heterocycles. The minimum atomic E-state index is 0.598. The van der Waals surface area contributed by atoms with Crippen LogP contribution in [0.15, 0.2) is 218 Å². The monoisotopic (exact) mass is 920 g/mol. The Morgan fingerprint density at radius 3 is 1.14 bits per heavy atom. The SMILES string of the molecule is c1ccc(N(c2cccc3ccccc23)c2cc(-c3cccc4c3C3CCC4C3)c3ccc4c(N(c5ccccc5)c5cccc6ccccc56)cc(-c5cccc6c5C5CCC6C5)c5ccc2c3c54)cc1. The lowest BCUT2D eigenvalue weighted by Crippen LogP contribution is -2.13. The first-order valence-corrected chi connectivity index (χ1v) is 26.4.